The van der Waals surface area contributed by atoms with Crippen LogP contribution in [0.15, 0.2) is 47.1 Å². The number of aliphatic hydroxyl groups excluding tert-OH is 1. The summed E-state index contributed by atoms with van der Waals surface area (Å²) in [7, 11) is 0. The molecule has 1 atom stereocenters. The van der Waals surface area contributed by atoms with Crippen LogP contribution in [0.4, 0.5) is 10.1 Å². The summed E-state index contributed by atoms with van der Waals surface area (Å²) in [5.41, 5.74) is 1.46. The predicted octanol–water partition coefficient (Wildman–Crippen LogP) is 3.13. The number of nitrogens with one attached hydrogen (secondary N) is 1. The third-order valence-corrected chi connectivity index (χ3v) is 2.94. The van der Waals surface area contributed by atoms with Crippen LogP contribution in [0.5, 0.6) is 0 Å². The zero-order valence-electron chi connectivity index (χ0n) is 9.48. The van der Waals surface area contributed by atoms with Crippen LogP contribution >= 0.6 is 15.9 Å². The molecule has 2 aromatic rings. The van der Waals surface area contributed by atoms with Gasteiger partial charge in [0.05, 0.1) is 18.3 Å². The molecule has 0 bridgehead atoms. The van der Waals surface area contributed by atoms with Crippen molar-refractivity contribution in [1.82, 2.24) is 4.98 Å². The van der Waals surface area contributed by atoms with Gasteiger partial charge in [-0.1, -0.05) is 0 Å². The lowest BCUT2D eigenvalue weighted by atomic mass is 10.2. The fourth-order valence-corrected chi connectivity index (χ4v) is 1.79. The zero-order chi connectivity index (χ0) is 13.0. The molecule has 0 spiro atoms. The van der Waals surface area contributed by atoms with Gasteiger partial charge in [0.15, 0.2) is 0 Å². The second kappa shape index (κ2) is 5.93. The lowest BCUT2D eigenvalue weighted by molar-refractivity contribution is 0.274. The van der Waals surface area contributed by atoms with E-state index in [4.69, 9.17) is 0 Å². The topological polar surface area (TPSA) is 45.1 Å². The van der Waals surface area contributed by atoms with Crippen molar-refractivity contribution in [2.45, 2.75) is 6.04 Å². The molecule has 94 valence electrons. The van der Waals surface area contributed by atoms with Gasteiger partial charge >= 0.3 is 0 Å². The highest BCUT2D eigenvalue weighted by atomic mass is 79.9. The molecule has 5 heteroatoms. The first-order valence-corrected chi connectivity index (χ1v) is 6.23. The van der Waals surface area contributed by atoms with Gasteiger partial charge in [-0.3, -0.25) is 4.98 Å². The summed E-state index contributed by atoms with van der Waals surface area (Å²) in [5.74, 6) is -0.289. The SMILES string of the molecule is OCC(Nc1ccc(F)cc1)c1ccc(Br)cn1. The van der Waals surface area contributed by atoms with Crippen LogP contribution in [0.1, 0.15) is 11.7 Å². The van der Waals surface area contributed by atoms with E-state index < -0.39 is 0 Å². The van der Waals surface area contributed by atoms with Crippen molar-refractivity contribution >= 4 is 21.6 Å². The van der Waals surface area contributed by atoms with Crippen LogP contribution in [0.25, 0.3) is 0 Å². The minimum absolute atomic E-state index is 0.0913. The van der Waals surface area contributed by atoms with Gasteiger partial charge < -0.3 is 10.4 Å². The second-order valence-electron chi connectivity index (χ2n) is 3.79. The highest BCUT2D eigenvalue weighted by Gasteiger charge is 2.11. The first-order valence-electron chi connectivity index (χ1n) is 5.43. The van der Waals surface area contributed by atoms with E-state index >= 15 is 0 Å². The minimum atomic E-state index is -0.316. The zero-order valence-corrected chi connectivity index (χ0v) is 11.1. The molecule has 0 radical (unpaired) electrons. The molecule has 0 saturated carbocycles. The molecule has 1 unspecified atom stereocenters. The number of rotatable bonds is 4. The number of anilines is 1. The van der Waals surface area contributed by atoms with Crippen LogP contribution in [-0.4, -0.2) is 16.7 Å². The third-order valence-electron chi connectivity index (χ3n) is 2.47. The molecular weight excluding hydrogens is 299 g/mol. The van der Waals surface area contributed by atoms with Crippen LogP contribution in [-0.2, 0) is 0 Å². The van der Waals surface area contributed by atoms with Crippen molar-refractivity contribution in [3.8, 4) is 0 Å². The Bertz CT molecular complexity index is 501. The van der Waals surface area contributed by atoms with E-state index in [1.54, 1.807) is 18.3 Å². The summed E-state index contributed by atoms with van der Waals surface area (Å²) < 4.78 is 13.7. The van der Waals surface area contributed by atoms with Gasteiger partial charge in [-0.15, -0.1) is 0 Å². The van der Waals surface area contributed by atoms with Gasteiger partial charge in [-0.05, 0) is 52.3 Å². The number of halogens is 2. The lowest BCUT2D eigenvalue weighted by Gasteiger charge is -2.17. The Morgan fingerprint density at radius 3 is 2.50 bits per heavy atom. The fourth-order valence-electron chi connectivity index (χ4n) is 1.55. The van der Waals surface area contributed by atoms with Gasteiger partial charge in [0.25, 0.3) is 0 Å². The molecule has 0 aliphatic rings. The monoisotopic (exact) mass is 310 g/mol. The van der Waals surface area contributed by atoms with Gasteiger partial charge in [0.1, 0.15) is 5.82 Å². The van der Waals surface area contributed by atoms with Crippen LogP contribution in [0, 0.1) is 5.82 Å². The molecule has 2 N–H and O–H groups in total. The Balaban J connectivity index is 2.14. The van der Waals surface area contributed by atoms with Gasteiger partial charge in [-0.25, -0.2) is 4.39 Å². The number of benzene rings is 1. The molecule has 1 heterocycles. The van der Waals surface area contributed by atoms with Crippen molar-refractivity contribution in [2.24, 2.45) is 0 Å². The number of hydrogen-bond acceptors (Lipinski definition) is 3. The van der Waals surface area contributed by atoms with Crippen molar-refractivity contribution < 1.29 is 9.50 Å². The molecule has 3 nitrogen and oxygen atoms in total. The van der Waals surface area contributed by atoms with E-state index in [0.29, 0.717) is 0 Å². The van der Waals surface area contributed by atoms with E-state index in [9.17, 15) is 9.50 Å². The Morgan fingerprint density at radius 2 is 1.94 bits per heavy atom. The van der Waals surface area contributed by atoms with Crippen LogP contribution < -0.4 is 5.32 Å². The fraction of sp³-hybridized carbons (Fsp3) is 0.154. The van der Waals surface area contributed by atoms with Gasteiger partial charge in [0.2, 0.25) is 0 Å². The molecule has 0 aliphatic carbocycles. The third kappa shape index (κ3) is 3.27. The number of pyridine rings is 1. The van der Waals surface area contributed by atoms with E-state index in [2.05, 4.69) is 26.2 Å². The van der Waals surface area contributed by atoms with Crippen LogP contribution in [0.2, 0.25) is 0 Å². The summed E-state index contributed by atoms with van der Waals surface area (Å²) in [6.45, 7) is -0.0913. The van der Waals surface area contributed by atoms with Crippen molar-refractivity contribution in [2.75, 3.05) is 11.9 Å². The van der Waals surface area contributed by atoms with Crippen molar-refractivity contribution in [3.63, 3.8) is 0 Å². The first-order chi connectivity index (χ1) is 8.69. The smallest absolute Gasteiger partial charge is 0.123 e. The Kier molecular flexibility index (Phi) is 4.28. The molecular formula is C13H12BrFN2O. The Labute approximate surface area is 113 Å². The van der Waals surface area contributed by atoms with Crippen molar-refractivity contribution in [1.29, 1.82) is 0 Å². The summed E-state index contributed by atoms with van der Waals surface area (Å²) >= 11 is 3.30. The molecule has 0 aliphatic heterocycles. The standard InChI is InChI=1S/C13H12BrFN2O/c14-9-1-6-12(16-7-9)13(8-18)17-11-4-2-10(15)3-5-11/h1-7,13,17-18H,8H2. The molecule has 18 heavy (non-hydrogen) atoms. The number of aromatic nitrogens is 1. The highest BCUT2D eigenvalue weighted by Crippen LogP contribution is 2.19. The van der Waals surface area contributed by atoms with Crippen molar-refractivity contribution in [3.05, 3.63) is 58.6 Å². The van der Waals surface area contributed by atoms with Crippen LogP contribution in [0.3, 0.4) is 0 Å². The molecule has 2 rings (SSSR count). The maximum Gasteiger partial charge on any atom is 0.123 e. The number of nitrogens with zero attached hydrogens (tertiary/aromatic N) is 1. The van der Waals surface area contributed by atoms with E-state index in [1.165, 1.54) is 12.1 Å². The predicted molar refractivity (Wildman–Crippen MR) is 71.8 cm³/mol. The quantitative estimate of drug-likeness (QED) is 0.912. The molecule has 1 aromatic heterocycles. The molecule has 0 amide bonds. The largest absolute Gasteiger partial charge is 0.394 e. The Hall–Kier alpha value is -1.46. The van der Waals surface area contributed by atoms with E-state index in [0.717, 1.165) is 15.9 Å². The highest BCUT2D eigenvalue weighted by molar-refractivity contribution is 9.10. The molecule has 0 saturated heterocycles. The summed E-state index contributed by atoms with van der Waals surface area (Å²) in [4.78, 5) is 4.22. The maximum absolute atomic E-state index is 12.8. The molecule has 1 aromatic carbocycles. The maximum atomic E-state index is 12.8. The van der Waals surface area contributed by atoms with Gasteiger partial charge in [0, 0.05) is 16.4 Å². The van der Waals surface area contributed by atoms with E-state index in [-0.39, 0.29) is 18.5 Å². The summed E-state index contributed by atoms with van der Waals surface area (Å²) in [6, 6.07) is 9.34. The summed E-state index contributed by atoms with van der Waals surface area (Å²) in [6.07, 6.45) is 1.67. The minimum Gasteiger partial charge on any atom is -0.394 e. The lowest BCUT2D eigenvalue weighted by Crippen LogP contribution is -2.16. The average molecular weight is 311 g/mol. The number of aliphatic hydroxyl groups is 1. The second-order valence-corrected chi connectivity index (χ2v) is 4.70. The average Bonchev–Trinajstić information content (AvgIpc) is 2.39. The number of hydrogen-bond donors (Lipinski definition) is 2. The van der Waals surface area contributed by atoms with Gasteiger partial charge in [-0.2, -0.15) is 0 Å². The normalized spacial score (nSPS) is 12.2. The van der Waals surface area contributed by atoms with E-state index in [1.807, 2.05) is 12.1 Å². The Morgan fingerprint density at radius 1 is 1.22 bits per heavy atom. The summed E-state index contributed by atoms with van der Waals surface area (Å²) in [5, 5.41) is 12.5. The first kappa shape index (κ1) is 13.0. The molecule has 0 fully saturated rings.